The molecule has 0 heterocycles. The maximum Gasteiger partial charge on any atom is 0.307 e. The molecular weight excluding hydrogens is 226 g/mol. The van der Waals surface area contributed by atoms with Crippen LogP contribution in [0.1, 0.15) is 52.9 Å². The molecule has 0 aromatic carbocycles. The van der Waals surface area contributed by atoms with Gasteiger partial charge in [-0.05, 0) is 45.7 Å². The van der Waals surface area contributed by atoms with E-state index in [2.05, 4.69) is 32.8 Å². The van der Waals surface area contributed by atoms with Crippen molar-refractivity contribution in [3.8, 4) is 0 Å². The van der Waals surface area contributed by atoms with Crippen LogP contribution in [0, 0.1) is 11.8 Å². The standard InChI is InChI=1S/C15H29NO2/c1-6-18-14(17)11-15(16(4)5)10-8-7-9-13(15)12(2)3/h12-13H,6-11H2,1-5H3. The van der Waals surface area contributed by atoms with Crippen molar-refractivity contribution in [3.05, 3.63) is 0 Å². The molecule has 1 rings (SSSR count). The van der Waals surface area contributed by atoms with Gasteiger partial charge in [-0.15, -0.1) is 0 Å². The Labute approximate surface area is 112 Å². The molecule has 3 nitrogen and oxygen atoms in total. The molecule has 1 fully saturated rings. The van der Waals surface area contributed by atoms with Gasteiger partial charge in [0.05, 0.1) is 13.0 Å². The van der Waals surface area contributed by atoms with Gasteiger partial charge in [0, 0.05) is 5.54 Å². The lowest BCUT2D eigenvalue weighted by atomic mass is 9.65. The molecule has 0 radical (unpaired) electrons. The van der Waals surface area contributed by atoms with E-state index < -0.39 is 0 Å². The number of carbonyl (C=O) groups excluding carboxylic acids is 1. The molecule has 0 amide bonds. The molecule has 2 unspecified atom stereocenters. The molecule has 3 heteroatoms. The SMILES string of the molecule is CCOC(=O)CC1(N(C)C)CCCCC1C(C)C. The minimum Gasteiger partial charge on any atom is -0.466 e. The molecule has 0 spiro atoms. The number of ether oxygens (including phenoxy) is 1. The molecule has 1 aliphatic rings. The Hall–Kier alpha value is -0.570. The molecule has 0 aromatic rings. The Kier molecular flexibility index (Phi) is 5.64. The molecule has 106 valence electrons. The number of hydrogen-bond acceptors (Lipinski definition) is 3. The average molecular weight is 255 g/mol. The largest absolute Gasteiger partial charge is 0.466 e. The van der Waals surface area contributed by atoms with Crippen molar-refractivity contribution in [2.24, 2.45) is 11.8 Å². The Balaban J connectivity index is 2.91. The molecule has 1 saturated carbocycles. The molecular formula is C15H29NO2. The van der Waals surface area contributed by atoms with Crippen LogP contribution in [0.15, 0.2) is 0 Å². The van der Waals surface area contributed by atoms with E-state index in [9.17, 15) is 4.79 Å². The van der Waals surface area contributed by atoms with Gasteiger partial charge in [-0.1, -0.05) is 26.7 Å². The molecule has 0 saturated heterocycles. The highest BCUT2D eigenvalue weighted by Gasteiger charge is 2.45. The summed E-state index contributed by atoms with van der Waals surface area (Å²) in [7, 11) is 4.22. The van der Waals surface area contributed by atoms with E-state index in [1.165, 1.54) is 19.3 Å². The molecule has 0 aliphatic heterocycles. The zero-order valence-electron chi connectivity index (χ0n) is 12.7. The van der Waals surface area contributed by atoms with E-state index in [1.807, 2.05) is 6.92 Å². The van der Waals surface area contributed by atoms with Crippen molar-refractivity contribution in [1.29, 1.82) is 0 Å². The van der Waals surface area contributed by atoms with E-state index in [0.29, 0.717) is 24.9 Å². The lowest BCUT2D eigenvalue weighted by molar-refractivity contribution is -0.149. The fraction of sp³-hybridized carbons (Fsp3) is 0.933. The van der Waals surface area contributed by atoms with Crippen LogP contribution in [0.5, 0.6) is 0 Å². The second-order valence-corrected chi connectivity index (χ2v) is 6.08. The van der Waals surface area contributed by atoms with Crippen LogP contribution in [0.2, 0.25) is 0 Å². The Bertz CT molecular complexity index is 276. The lowest BCUT2D eigenvalue weighted by Gasteiger charge is -2.50. The average Bonchev–Trinajstić information content (AvgIpc) is 2.29. The van der Waals surface area contributed by atoms with Gasteiger partial charge >= 0.3 is 5.97 Å². The summed E-state index contributed by atoms with van der Waals surface area (Å²) in [5.41, 5.74) is -0.00132. The van der Waals surface area contributed by atoms with Gasteiger partial charge in [0.1, 0.15) is 0 Å². The lowest BCUT2D eigenvalue weighted by Crippen LogP contribution is -2.55. The Morgan fingerprint density at radius 3 is 2.56 bits per heavy atom. The maximum absolute atomic E-state index is 11.9. The van der Waals surface area contributed by atoms with Crippen molar-refractivity contribution in [2.45, 2.75) is 58.4 Å². The van der Waals surface area contributed by atoms with Gasteiger partial charge < -0.3 is 9.64 Å². The van der Waals surface area contributed by atoms with Crippen molar-refractivity contribution < 1.29 is 9.53 Å². The number of nitrogens with zero attached hydrogens (tertiary/aromatic N) is 1. The van der Waals surface area contributed by atoms with E-state index in [0.717, 1.165) is 6.42 Å². The van der Waals surface area contributed by atoms with Crippen LogP contribution < -0.4 is 0 Å². The summed E-state index contributed by atoms with van der Waals surface area (Å²) in [4.78, 5) is 14.2. The first-order valence-corrected chi connectivity index (χ1v) is 7.27. The van der Waals surface area contributed by atoms with E-state index in [4.69, 9.17) is 4.74 Å². The molecule has 0 N–H and O–H groups in total. The third kappa shape index (κ3) is 3.25. The molecule has 0 aromatic heterocycles. The van der Waals surface area contributed by atoms with Crippen molar-refractivity contribution in [2.75, 3.05) is 20.7 Å². The Morgan fingerprint density at radius 1 is 1.39 bits per heavy atom. The summed E-state index contributed by atoms with van der Waals surface area (Å²) in [6, 6.07) is 0. The van der Waals surface area contributed by atoms with Gasteiger partial charge in [-0.3, -0.25) is 4.79 Å². The first-order chi connectivity index (χ1) is 8.44. The second-order valence-electron chi connectivity index (χ2n) is 6.08. The summed E-state index contributed by atoms with van der Waals surface area (Å²) in [6.45, 7) is 6.91. The Morgan fingerprint density at radius 2 is 2.06 bits per heavy atom. The van der Waals surface area contributed by atoms with Crippen molar-refractivity contribution in [3.63, 3.8) is 0 Å². The first-order valence-electron chi connectivity index (χ1n) is 7.27. The number of hydrogen-bond donors (Lipinski definition) is 0. The smallest absolute Gasteiger partial charge is 0.307 e. The van der Waals surface area contributed by atoms with Gasteiger partial charge in [-0.2, -0.15) is 0 Å². The molecule has 0 bridgehead atoms. The summed E-state index contributed by atoms with van der Waals surface area (Å²) in [5.74, 6) is 1.16. The van der Waals surface area contributed by atoms with E-state index in [1.54, 1.807) is 0 Å². The molecule has 1 aliphatic carbocycles. The highest BCUT2D eigenvalue weighted by atomic mass is 16.5. The highest BCUT2D eigenvalue weighted by Crippen LogP contribution is 2.43. The quantitative estimate of drug-likeness (QED) is 0.707. The predicted octanol–water partition coefficient (Wildman–Crippen LogP) is 3.09. The fourth-order valence-corrected chi connectivity index (χ4v) is 3.60. The van der Waals surface area contributed by atoms with Crippen LogP contribution >= 0.6 is 0 Å². The summed E-state index contributed by atoms with van der Waals surface area (Å²) in [6.07, 6.45) is 5.40. The molecule has 2 atom stereocenters. The van der Waals surface area contributed by atoms with Gasteiger partial charge in [0.15, 0.2) is 0 Å². The minimum absolute atomic E-state index is 0.00132. The van der Waals surface area contributed by atoms with Crippen LogP contribution in [-0.4, -0.2) is 37.1 Å². The third-order valence-corrected chi connectivity index (χ3v) is 4.52. The van der Waals surface area contributed by atoms with Gasteiger partial charge in [0.2, 0.25) is 0 Å². The monoisotopic (exact) mass is 255 g/mol. The van der Waals surface area contributed by atoms with Crippen molar-refractivity contribution >= 4 is 5.97 Å². The summed E-state index contributed by atoms with van der Waals surface area (Å²) >= 11 is 0. The molecule has 18 heavy (non-hydrogen) atoms. The van der Waals surface area contributed by atoms with Crippen LogP contribution in [0.25, 0.3) is 0 Å². The number of esters is 1. The van der Waals surface area contributed by atoms with Crippen molar-refractivity contribution in [1.82, 2.24) is 4.90 Å². The first kappa shape index (κ1) is 15.5. The zero-order valence-corrected chi connectivity index (χ0v) is 12.7. The maximum atomic E-state index is 11.9. The topological polar surface area (TPSA) is 29.5 Å². The van der Waals surface area contributed by atoms with Gasteiger partial charge in [-0.25, -0.2) is 0 Å². The number of rotatable bonds is 5. The van der Waals surface area contributed by atoms with Crippen LogP contribution in [0.3, 0.4) is 0 Å². The van der Waals surface area contributed by atoms with Crippen LogP contribution in [-0.2, 0) is 9.53 Å². The van der Waals surface area contributed by atoms with Gasteiger partial charge in [0.25, 0.3) is 0 Å². The fourth-order valence-electron chi connectivity index (χ4n) is 3.60. The normalized spacial score (nSPS) is 28.7. The summed E-state index contributed by atoms with van der Waals surface area (Å²) < 4.78 is 5.18. The second kappa shape index (κ2) is 6.55. The van der Waals surface area contributed by atoms with Crippen LogP contribution in [0.4, 0.5) is 0 Å². The predicted molar refractivity (Wildman–Crippen MR) is 74.5 cm³/mol. The van der Waals surface area contributed by atoms with E-state index in [-0.39, 0.29) is 11.5 Å². The third-order valence-electron chi connectivity index (χ3n) is 4.52. The highest BCUT2D eigenvalue weighted by molar-refractivity contribution is 5.71. The minimum atomic E-state index is -0.0428. The summed E-state index contributed by atoms with van der Waals surface area (Å²) in [5, 5.41) is 0. The number of carbonyl (C=O) groups is 1. The zero-order chi connectivity index (χ0) is 13.8. The van der Waals surface area contributed by atoms with E-state index >= 15 is 0 Å².